The Kier molecular flexibility index (Phi) is 1.81. The van der Waals surface area contributed by atoms with Gasteiger partial charge in [-0.05, 0) is 43.3 Å². The molecule has 2 aliphatic carbocycles. The van der Waals surface area contributed by atoms with Crippen LogP contribution in [0.4, 0.5) is 0 Å². The van der Waals surface area contributed by atoms with Gasteiger partial charge in [0.05, 0.1) is 0 Å². The van der Waals surface area contributed by atoms with E-state index in [1.54, 1.807) is 0 Å². The van der Waals surface area contributed by atoms with Crippen LogP contribution in [0.5, 0.6) is 0 Å². The standard InChI is InChI=1S/C10H15N3S/c1-13-9(11-12-10(13)14)8-5-6-2-3-7(8)4-6/h6-8H,2-5H2,1H3,(H,12,14). The number of nitrogens with zero attached hydrogens (tertiary/aromatic N) is 2. The van der Waals surface area contributed by atoms with E-state index in [0.29, 0.717) is 5.92 Å². The average Bonchev–Trinajstić information content (AvgIpc) is 2.84. The van der Waals surface area contributed by atoms with Gasteiger partial charge in [0.25, 0.3) is 0 Å². The van der Waals surface area contributed by atoms with Crippen LogP contribution in [0.15, 0.2) is 0 Å². The molecule has 1 heterocycles. The fourth-order valence-electron chi connectivity index (χ4n) is 3.25. The molecule has 2 fully saturated rings. The molecule has 2 aliphatic rings. The number of aromatic nitrogens is 3. The molecule has 4 heteroatoms. The summed E-state index contributed by atoms with van der Waals surface area (Å²) in [5.74, 6) is 3.70. The van der Waals surface area contributed by atoms with Crippen molar-refractivity contribution in [2.24, 2.45) is 18.9 Å². The second kappa shape index (κ2) is 2.92. The lowest BCUT2D eigenvalue weighted by Crippen LogP contribution is -2.13. The predicted molar refractivity (Wildman–Crippen MR) is 56.6 cm³/mol. The number of nitrogens with one attached hydrogen (secondary N) is 1. The molecule has 0 amide bonds. The van der Waals surface area contributed by atoms with E-state index in [0.717, 1.165) is 16.6 Å². The van der Waals surface area contributed by atoms with Gasteiger partial charge in [-0.15, -0.1) is 0 Å². The summed E-state index contributed by atoms with van der Waals surface area (Å²) < 4.78 is 2.79. The van der Waals surface area contributed by atoms with Crippen molar-refractivity contribution in [1.82, 2.24) is 14.8 Å². The molecule has 1 aromatic rings. The van der Waals surface area contributed by atoms with Gasteiger partial charge in [-0.3, -0.25) is 5.10 Å². The van der Waals surface area contributed by atoms with Gasteiger partial charge in [0.2, 0.25) is 0 Å². The summed E-state index contributed by atoms with van der Waals surface area (Å²) in [6, 6.07) is 0. The van der Waals surface area contributed by atoms with Crippen molar-refractivity contribution in [3.8, 4) is 0 Å². The first-order chi connectivity index (χ1) is 6.75. The van der Waals surface area contributed by atoms with Crippen molar-refractivity contribution in [1.29, 1.82) is 0 Å². The Labute approximate surface area is 88.5 Å². The third-order valence-electron chi connectivity index (χ3n) is 3.98. The van der Waals surface area contributed by atoms with Crippen molar-refractivity contribution >= 4 is 12.2 Å². The maximum Gasteiger partial charge on any atom is 0.194 e. The molecule has 2 saturated carbocycles. The Hall–Kier alpha value is -0.640. The Bertz CT molecular complexity index is 406. The number of H-pyrrole nitrogens is 1. The molecule has 3 nitrogen and oxygen atoms in total. The highest BCUT2D eigenvalue weighted by atomic mass is 32.1. The predicted octanol–water partition coefficient (Wildman–Crippen LogP) is 2.38. The molecule has 3 unspecified atom stereocenters. The Morgan fingerprint density at radius 2 is 2.29 bits per heavy atom. The number of aromatic amines is 1. The Balaban J connectivity index is 1.96. The first-order valence-electron chi connectivity index (χ1n) is 5.37. The highest BCUT2D eigenvalue weighted by molar-refractivity contribution is 7.71. The number of rotatable bonds is 1. The third-order valence-corrected chi connectivity index (χ3v) is 4.35. The van der Waals surface area contributed by atoms with E-state index in [1.807, 2.05) is 11.6 Å². The lowest BCUT2D eigenvalue weighted by atomic mass is 9.88. The zero-order valence-corrected chi connectivity index (χ0v) is 9.18. The molecule has 0 saturated heterocycles. The van der Waals surface area contributed by atoms with Crippen LogP contribution in [-0.2, 0) is 7.05 Å². The SMILES string of the molecule is Cn1c(C2CC3CCC2C3)n[nH]c1=S. The summed E-state index contributed by atoms with van der Waals surface area (Å²) in [7, 11) is 2.02. The summed E-state index contributed by atoms with van der Waals surface area (Å²) in [5.41, 5.74) is 0. The molecule has 0 aliphatic heterocycles. The van der Waals surface area contributed by atoms with E-state index in [2.05, 4.69) is 10.2 Å². The van der Waals surface area contributed by atoms with Gasteiger partial charge in [-0.1, -0.05) is 6.42 Å². The van der Waals surface area contributed by atoms with Crippen LogP contribution >= 0.6 is 12.2 Å². The van der Waals surface area contributed by atoms with Crippen LogP contribution in [0.1, 0.15) is 37.4 Å². The van der Waals surface area contributed by atoms with E-state index in [4.69, 9.17) is 12.2 Å². The van der Waals surface area contributed by atoms with Crippen molar-refractivity contribution in [2.45, 2.75) is 31.6 Å². The van der Waals surface area contributed by atoms with Gasteiger partial charge in [-0.25, -0.2) is 0 Å². The molecule has 14 heavy (non-hydrogen) atoms. The van der Waals surface area contributed by atoms with E-state index in [-0.39, 0.29) is 0 Å². The van der Waals surface area contributed by atoms with Gasteiger partial charge < -0.3 is 4.57 Å². The van der Waals surface area contributed by atoms with Crippen molar-refractivity contribution < 1.29 is 0 Å². The fraction of sp³-hybridized carbons (Fsp3) is 0.800. The quantitative estimate of drug-likeness (QED) is 0.720. The summed E-state index contributed by atoms with van der Waals surface area (Å²) in [5, 5.41) is 7.25. The van der Waals surface area contributed by atoms with Crippen LogP contribution < -0.4 is 0 Å². The van der Waals surface area contributed by atoms with Crippen molar-refractivity contribution in [3.05, 3.63) is 10.6 Å². The van der Waals surface area contributed by atoms with Crippen LogP contribution in [0.2, 0.25) is 0 Å². The summed E-state index contributed by atoms with van der Waals surface area (Å²) >= 11 is 5.14. The molecule has 76 valence electrons. The number of fused-ring (bicyclic) bond motifs is 2. The molecule has 0 spiro atoms. The van der Waals surface area contributed by atoms with Crippen LogP contribution in [0.3, 0.4) is 0 Å². The minimum absolute atomic E-state index is 0.673. The normalized spacial score (nSPS) is 35.4. The smallest absolute Gasteiger partial charge is 0.194 e. The summed E-state index contributed by atoms with van der Waals surface area (Å²) in [6.45, 7) is 0. The molecule has 1 aromatic heterocycles. The second-order valence-electron chi connectivity index (χ2n) is 4.73. The highest BCUT2D eigenvalue weighted by Gasteiger charge is 2.42. The second-order valence-corrected chi connectivity index (χ2v) is 5.11. The fourth-order valence-corrected chi connectivity index (χ4v) is 3.39. The summed E-state index contributed by atoms with van der Waals surface area (Å²) in [6.07, 6.45) is 5.59. The molecule has 3 atom stereocenters. The largest absolute Gasteiger partial charge is 0.307 e. The Morgan fingerprint density at radius 1 is 1.43 bits per heavy atom. The summed E-state index contributed by atoms with van der Waals surface area (Å²) in [4.78, 5) is 0. The topological polar surface area (TPSA) is 33.6 Å². The van der Waals surface area contributed by atoms with Crippen LogP contribution in [0.25, 0.3) is 0 Å². The molecule has 0 radical (unpaired) electrons. The van der Waals surface area contributed by atoms with E-state index in [1.165, 1.54) is 31.5 Å². The molecule has 0 aromatic carbocycles. The highest BCUT2D eigenvalue weighted by Crippen LogP contribution is 2.52. The molecular formula is C10H15N3S. The van der Waals surface area contributed by atoms with Crippen molar-refractivity contribution in [3.63, 3.8) is 0 Å². The lowest BCUT2D eigenvalue weighted by Gasteiger charge is -2.20. The zero-order valence-electron chi connectivity index (χ0n) is 8.36. The monoisotopic (exact) mass is 209 g/mol. The van der Waals surface area contributed by atoms with E-state index >= 15 is 0 Å². The Morgan fingerprint density at radius 3 is 2.79 bits per heavy atom. The minimum Gasteiger partial charge on any atom is -0.307 e. The van der Waals surface area contributed by atoms with Gasteiger partial charge in [0, 0.05) is 13.0 Å². The maximum absolute atomic E-state index is 5.14. The molecule has 1 N–H and O–H groups in total. The minimum atomic E-state index is 0.673. The third kappa shape index (κ3) is 1.10. The van der Waals surface area contributed by atoms with Gasteiger partial charge >= 0.3 is 0 Å². The van der Waals surface area contributed by atoms with E-state index in [9.17, 15) is 0 Å². The molecule has 2 bridgehead atoms. The first kappa shape index (κ1) is 8.65. The first-order valence-corrected chi connectivity index (χ1v) is 5.78. The maximum atomic E-state index is 5.14. The van der Waals surface area contributed by atoms with Crippen LogP contribution in [-0.4, -0.2) is 14.8 Å². The molecule has 3 rings (SSSR count). The molecular weight excluding hydrogens is 194 g/mol. The van der Waals surface area contributed by atoms with Gasteiger partial charge in [0.1, 0.15) is 5.82 Å². The van der Waals surface area contributed by atoms with E-state index < -0.39 is 0 Å². The zero-order chi connectivity index (χ0) is 9.71. The van der Waals surface area contributed by atoms with Gasteiger partial charge in [-0.2, -0.15) is 5.10 Å². The number of hydrogen-bond donors (Lipinski definition) is 1. The lowest BCUT2D eigenvalue weighted by molar-refractivity contribution is 0.397. The van der Waals surface area contributed by atoms with Gasteiger partial charge in [0.15, 0.2) is 4.77 Å². The average molecular weight is 209 g/mol. The van der Waals surface area contributed by atoms with Crippen molar-refractivity contribution in [2.75, 3.05) is 0 Å². The number of hydrogen-bond acceptors (Lipinski definition) is 2. The van der Waals surface area contributed by atoms with Crippen LogP contribution in [0, 0.1) is 16.6 Å².